The molecule has 1 N–H and O–H groups in total. The van der Waals surface area contributed by atoms with Gasteiger partial charge in [0.25, 0.3) is 0 Å². The van der Waals surface area contributed by atoms with Gasteiger partial charge in [0.1, 0.15) is 6.54 Å². The average Bonchev–Trinajstić information content (AvgIpc) is 3.37. The summed E-state index contributed by atoms with van der Waals surface area (Å²) < 4.78 is 2.77. The van der Waals surface area contributed by atoms with Crippen LogP contribution in [-0.4, -0.2) is 38.2 Å². The van der Waals surface area contributed by atoms with Crippen LogP contribution in [-0.2, 0) is 11.3 Å². The average molecular weight is 388 g/mol. The van der Waals surface area contributed by atoms with E-state index in [9.17, 15) is 9.59 Å². The molecule has 2 aromatic carbocycles. The summed E-state index contributed by atoms with van der Waals surface area (Å²) in [5.74, 6) is 0.391. The number of nitrogens with one attached hydrogen (secondary N) is 1. The second-order valence-corrected chi connectivity index (χ2v) is 7.13. The number of hydrogen-bond acceptors (Lipinski definition) is 5. The Morgan fingerprint density at radius 1 is 1.00 bits per heavy atom. The van der Waals surface area contributed by atoms with Crippen LogP contribution in [0.4, 0.5) is 11.5 Å². The van der Waals surface area contributed by atoms with Gasteiger partial charge in [-0.3, -0.25) is 4.79 Å². The highest BCUT2D eigenvalue weighted by atomic mass is 16.2. The standard InChI is InChI=1S/C21H20N6O2/c28-18(22-15-8-2-1-3-9-15)14-26-21(29)27-17-11-5-4-10-16(17)23-19(20(27)24-26)25-12-6-7-13-25/h1-5,8-11H,6-7,12-14H2,(H,22,28). The summed E-state index contributed by atoms with van der Waals surface area (Å²) in [6.07, 6.45) is 2.18. The SMILES string of the molecule is O=C(Cn1nc2c(N3CCCC3)nc3ccccc3n2c1=O)Nc1ccccc1. The van der Waals surface area contributed by atoms with Crippen molar-refractivity contribution in [2.24, 2.45) is 0 Å². The number of nitrogens with zero attached hydrogens (tertiary/aromatic N) is 5. The molecule has 0 unspecified atom stereocenters. The van der Waals surface area contributed by atoms with Gasteiger partial charge in [0.05, 0.1) is 11.0 Å². The molecule has 1 aliphatic heterocycles. The quantitative estimate of drug-likeness (QED) is 0.580. The maximum Gasteiger partial charge on any atom is 0.351 e. The van der Waals surface area contributed by atoms with E-state index >= 15 is 0 Å². The Labute approximate surface area is 166 Å². The second-order valence-electron chi connectivity index (χ2n) is 7.13. The van der Waals surface area contributed by atoms with Gasteiger partial charge in [0.2, 0.25) is 11.6 Å². The Balaban J connectivity index is 1.59. The number of carbonyl (C=O) groups excluding carboxylic acids is 1. The molecule has 0 atom stereocenters. The molecule has 5 rings (SSSR count). The summed E-state index contributed by atoms with van der Waals surface area (Å²) in [5.41, 5.74) is 2.24. The van der Waals surface area contributed by atoms with Crippen molar-refractivity contribution in [2.75, 3.05) is 23.3 Å². The molecule has 1 amide bonds. The van der Waals surface area contributed by atoms with Gasteiger partial charge in [-0.15, -0.1) is 5.10 Å². The molecule has 1 fully saturated rings. The van der Waals surface area contributed by atoms with Crippen molar-refractivity contribution in [3.05, 3.63) is 65.1 Å². The third-order valence-electron chi connectivity index (χ3n) is 5.14. The molecule has 3 heterocycles. The van der Waals surface area contributed by atoms with Gasteiger partial charge in [-0.1, -0.05) is 30.3 Å². The molecule has 8 nitrogen and oxygen atoms in total. The Morgan fingerprint density at radius 3 is 2.52 bits per heavy atom. The third kappa shape index (κ3) is 3.12. The van der Waals surface area contributed by atoms with Crippen molar-refractivity contribution in [3.8, 4) is 0 Å². The molecule has 0 aliphatic carbocycles. The van der Waals surface area contributed by atoms with Crippen LogP contribution in [0.1, 0.15) is 12.8 Å². The van der Waals surface area contributed by atoms with Crippen molar-refractivity contribution in [1.82, 2.24) is 19.2 Å². The molecule has 146 valence electrons. The van der Waals surface area contributed by atoms with Gasteiger partial charge in [0, 0.05) is 18.8 Å². The molecule has 4 aromatic rings. The number of aromatic nitrogens is 4. The van der Waals surface area contributed by atoms with E-state index in [1.165, 1.54) is 4.68 Å². The number of anilines is 2. The monoisotopic (exact) mass is 388 g/mol. The largest absolute Gasteiger partial charge is 0.353 e. The van der Waals surface area contributed by atoms with E-state index in [0.29, 0.717) is 22.7 Å². The number of hydrogen-bond donors (Lipinski definition) is 1. The van der Waals surface area contributed by atoms with Crippen LogP contribution in [0, 0.1) is 0 Å². The van der Waals surface area contributed by atoms with Crippen LogP contribution < -0.4 is 15.9 Å². The van der Waals surface area contributed by atoms with Crippen LogP contribution >= 0.6 is 0 Å². The minimum absolute atomic E-state index is 0.164. The lowest BCUT2D eigenvalue weighted by Gasteiger charge is -2.17. The summed E-state index contributed by atoms with van der Waals surface area (Å²) in [6, 6.07) is 16.7. The fourth-order valence-corrected chi connectivity index (χ4v) is 3.78. The first kappa shape index (κ1) is 17.4. The first-order chi connectivity index (χ1) is 14.2. The Hall–Kier alpha value is -3.68. The minimum atomic E-state index is -0.345. The Bertz CT molecular complexity index is 1250. The van der Waals surface area contributed by atoms with Gasteiger partial charge in [-0.25, -0.2) is 18.9 Å². The first-order valence-corrected chi connectivity index (χ1v) is 9.69. The zero-order chi connectivity index (χ0) is 19.8. The van der Waals surface area contributed by atoms with E-state index in [1.807, 2.05) is 42.5 Å². The van der Waals surface area contributed by atoms with Gasteiger partial charge in [-0.05, 0) is 37.1 Å². The molecule has 0 saturated carbocycles. The van der Waals surface area contributed by atoms with E-state index in [1.54, 1.807) is 16.5 Å². The number of benzene rings is 2. The molecule has 1 saturated heterocycles. The van der Waals surface area contributed by atoms with Crippen LogP contribution in [0.15, 0.2) is 59.4 Å². The van der Waals surface area contributed by atoms with Gasteiger partial charge in [-0.2, -0.15) is 0 Å². The maximum absolute atomic E-state index is 13.1. The summed E-state index contributed by atoms with van der Waals surface area (Å²) in [7, 11) is 0. The summed E-state index contributed by atoms with van der Waals surface area (Å²) in [4.78, 5) is 32.5. The predicted octanol–water partition coefficient (Wildman–Crippen LogP) is 2.28. The molecule has 29 heavy (non-hydrogen) atoms. The number of carbonyl (C=O) groups is 1. The molecular formula is C21H20N6O2. The summed E-state index contributed by atoms with van der Waals surface area (Å²) in [6.45, 7) is 1.61. The van der Waals surface area contributed by atoms with Crippen LogP contribution in [0.3, 0.4) is 0 Å². The highest BCUT2D eigenvalue weighted by Crippen LogP contribution is 2.25. The molecule has 1 aliphatic rings. The Kier molecular flexibility index (Phi) is 4.23. The highest BCUT2D eigenvalue weighted by Gasteiger charge is 2.22. The van der Waals surface area contributed by atoms with E-state index in [4.69, 9.17) is 4.98 Å². The lowest BCUT2D eigenvalue weighted by Crippen LogP contribution is -2.28. The van der Waals surface area contributed by atoms with Gasteiger partial charge >= 0.3 is 5.69 Å². The highest BCUT2D eigenvalue weighted by molar-refractivity contribution is 5.90. The minimum Gasteiger partial charge on any atom is -0.353 e. The lowest BCUT2D eigenvalue weighted by molar-refractivity contribution is -0.117. The molecule has 2 aromatic heterocycles. The molecule has 0 bridgehead atoms. The van der Waals surface area contributed by atoms with E-state index in [0.717, 1.165) is 31.4 Å². The third-order valence-corrected chi connectivity index (χ3v) is 5.14. The first-order valence-electron chi connectivity index (χ1n) is 9.69. The predicted molar refractivity (Wildman–Crippen MR) is 111 cm³/mol. The van der Waals surface area contributed by atoms with Gasteiger partial charge in [0.15, 0.2) is 5.82 Å². The van der Waals surface area contributed by atoms with Crippen LogP contribution in [0.2, 0.25) is 0 Å². The zero-order valence-electron chi connectivity index (χ0n) is 15.8. The summed E-state index contributed by atoms with van der Waals surface area (Å²) >= 11 is 0. The lowest BCUT2D eigenvalue weighted by atomic mass is 10.3. The van der Waals surface area contributed by atoms with Crippen molar-refractivity contribution in [3.63, 3.8) is 0 Å². The zero-order valence-corrected chi connectivity index (χ0v) is 15.8. The van der Waals surface area contributed by atoms with E-state index in [-0.39, 0.29) is 18.1 Å². The molecule has 0 radical (unpaired) electrons. The topological polar surface area (TPSA) is 84.5 Å². The van der Waals surface area contributed by atoms with E-state index in [2.05, 4.69) is 15.3 Å². The van der Waals surface area contributed by atoms with Crippen molar-refractivity contribution in [1.29, 1.82) is 0 Å². The normalized spacial score (nSPS) is 14.0. The number of amides is 1. The van der Waals surface area contributed by atoms with E-state index < -0.39 is 0 Å². The fraction of sp³-hybridized carbons (Fsp3) is 0.238. The Morgan fingerprint density at radius 2 is 1.72 bits per heavy atom. The molecule has 8 heteroatoms. The molecular weight excluding hydrogens is 368 g/mol. The van der Waals surface area contributed by atoms with Crippen molar-refractivity contribution < 1.29 is 4.79 Å². The smallest absolute Gasteiger partial charge is 0.351 e. The fourth-order valence-electron chi connectivity index (χ4n) is 3.78. The van der Waals surface area contributed by atoms with Crippen molar-refractivity contribution in [2.45, 2.75) is 19.4 Å². The molecule has 0 spiro atoms. The van der Waals surface area contributed by atoms with Crippen LogP contribution in [0.25, 0.3) is 16.7 Å². The van der Waals surface area contributed by atoms with Crippen LogP contribution in [0.5, 0.6) is 0 Å². The maximum atomic E-state index is 13.1. The van der Waals surface area contributed by atoms with Crippen molar-refractivity contribution >= 4 is 34.1 Å². The van der Waals surface area contributed by atoms with Gasteiger partial charge < -0.3 is 10.2 Å². The number of para-hydroxylation sites is 3. The second kappa shape index (κ2) is 7.05. The number of rotatable bonds is 4. The number of fused-ring (bicyclic) bond motifs is 3. The summed E-state index contributed by atoms with van der Waals surface area (Å²) in [5, 5.41) is 7.29.